The van der Waals surface area contributed by atoms with Crippen molar-refractivity contribution in [2.24, 2.45) is 14.1 Å². The Hall–Kier alpha value is -2.94. The van der Waals surface area contributed by atoms with Gasteiger partial charge in [-0.2, -0.15) is 10.4 Å². The van der Waals surface area contributed by atoms with E-state index in [9.17, 15) is 10.1 Å². The highest BCUT2D eigenvalue weighted by Gasteiger charge is 2.30. The van der Waals surface area contributed by atoms with Crippen LogP contribution in [-0.2, 0) is 19.5 Å². The summed E-state index contributed by atoms with van der Waals surface area (Å²) in [6, 6.07) is 11.5. The lowest BCUT2D eigenvalue weighted by atomic mass is 9.91. The first kappa shape index (κ1) is 16.9. The van der Waals surface area contributed by atoms with E-state index in [-0.39, 0.29) is 11.2 Å². The van der Waals surface area contributed by atoms with Gasteiger partial charge in [0.2, 0.25) is 5.78 Å². The van der Waals surface area contributed by atoms with Gasteiger partial charge in [-0.05, 0) is 18.2 Å². The molecule has 0 saturated carbocycles. The third kappa shape index (κ3) is 2.82. The van der Waals surface area contributed by atoms with Gasteiger partial charge < -0.3 is 4.57 Å². The molecule has 3 rings (SSSR count). The van der Waals surface area contributed by atoms with Crippen molar-refractivity contribution < 1.29 is 4.79 Å². The number of hydrogen-bond donors (Lipinski definition) is 0. The summed E-state index contributed by atoms with van der Waals surface area (Å²) >= 11 is 0. The van der Waals surface area contributed by atoms with Crippen LogP contribution in [-0.4, -0.2) is 25.1 Å². The molecule has 0 fully saturated rings. The summed E-state index contributed by atoms with van der Waals surface area (Å²) in [4.78, 5) is 17.5. The Morgan fingerprint density at radius 2 is 1.92 bits per heavy atom. The maximum Gasteiger partial charge on any atom is 0.205 e. The van der Waals surface area contributed by atoms with Crippen LogP contribution < -0.4 is 0 Å². The molecule has 0 saturated heterocycles. The van der Waals surface area contributed by atoms with Crippen LogP contribution in [0.3, 0.4) is 0 Å². The van der Waals surface area contributed by atoms with Crippen LogP contribution in [0.15, 0.2) is 30.3 Å². The molecule has 6 nitrogen and oxygen atoms in total. The number of aryl methyl sites for hydroxylation is 2. The van der Waals surface area contributed by atoms with Crippen LogP contribution in [0.1, 0.15) is 48.7 Å². The molecule has 1 aromatic carbocycles. The van der Waals surface area contributed by atoms with Crippen molar-refractivity contribution in [2.75, 3.05) is 0 Å². The monoisotopic (exact) mass is 335 g/mol. The summed E-state index contributed by atoms with van der Waals surface area (Å²) < 4.78 is 3.36. The number of ketones is 1. The number of carbonyl (C=O) groups is 1. The number of fused-ring (bicyclic) bond motifs is 1. The molecule has 1 atom stereocenters. The quantitative estimate of drug-likeness (QED) is 0.689. The van der Waals surface area contributed by atoms with Gasteiger partial charge in [-0.1, -0.05) is 32.9 Å². The zero-order valence-corrected chi connectivity index (χ0v) is 15.1. The van der Waals surface area contributed by atoms with Gasteiger partial charge in [0.1, 0.15) is 11.5 Å². The third-order valence-electron chi connectivity index (χ3n) is 4.37. The van der Waals surface area contributed by atoms with Crippen molar-refractivity contribution in [2.45, 2.75) is 32.1 Å². The fourth-order valence-electron chi connectivity index (χ4n) is 2.87. The Morgan fingerprint density at radius 1 is 1.24 bits per heavy atom. The van der Waals surface area contributed by atoms with E-state index in [2.05, 4.69) is 16.2 Å². The number of Topliss-reactive ketones (excluding diaryl/α,β-unsaturated/α-hetero) is 1. The topological polar surface area (TPSA) is 76.5 Å². The Kier molecular flexibility index (Phi) is 3.96. The Labute approximate surface area is 146 Å². The summed E-state index contributed by atoms with van der Waals surface area (Å²) in [5.41, 5.74) is 2.74. The molecular weight excluding hydrogens is 314 g/mol. The number of para-hydroxylation sites is 2. The van der Waals surface area contributed by atoms with Gasteiger partial charge >= 0.3 is 0 Å². The Morgan fingerprint density at radius 3 is 2.48 bits per heavy atom. The molecule has 6 heteroatoms. The first-order valence-corrected chi connectivity index (χ1v) is 8.13. The van der Waals surface area contributed by atoms with E-state index in [1.807, 2.05) is 56.7 Å². The standard InChI is InChI=1S/C19H21N5O/c1-19(2,3)16-10-15(24(5)22-16)17(25)12(11-20)18-21-13-8-6-7-9-14(13)23(18)4/h6-10,12H,1-5H3. The second kappa shape index (κ2) is 5.85. The van der Waals surface area contributed by atoms with Crippen LogP contribution >= 0.6 is 0 Å². The van der Waals surface area contributed by atoms with Crippen LogP contribution in [0.4, 0.5) is 0 Å². The molecule has 0 amide bonds. The van der Waals surface area contributed by atoms with Gasteiger partial charge in [-0.3, -0.25) is 9.48 Å². The zero-order valence-electron chi connectivity index (χ0n) is 15.1. The lowest BCUT2D eigenvalue weighted by molar-refractivity contribution is 0.0966. The van der Waals surface area contributed by atoms with E-state index in [0.717, 1.165) is 16.7 Å². The molecule has 0 spiro atoms. The number of nitriles is 1. The average Bonchev–Trinajstić information content (AvgIpc) is 3.10. The molecule has 0 bridgehead atoms. The van der Waals surface area contributed by atoms with Crippen LogP contribution in [0.2, 0.25) is 0 Å². The number of carbonyl (C=O) groups excluding carboxylic acids is 1. The fraction of sp³-hybridized carbons (Fsp3) is 0.368. The van der Waals surface area contributed by atoms with Crippen molar-refractivity contribution in [3.8, 4) is 6.07 Å². The van der Waals surface area contributed by atoms with Crippen molar-refractivity contribution >= 4 is 16.8 Å². The molecule has 0 aliphatic carbocycles. The van der Waals surface area contributed by atoms with Gasteiger partial charge in [0.15, 0.2) is 5.92 Å². The molecular formula is C19H21N5O. The summed E-state index contributed by atoms with van der Waals surface area (Å²) in [5.74, 6) is -0.806. The van der Waals surface area contributed by atoms with Crippen LogP contribution in [0.25, 0.3) is 11.0 Å². The van der Waals surface area contributed by atoms with E-state index in [4.69, 9.17) is 0 Å². The van der Waals surface area contributed by atoms with Crippen molar-refractivity contribution in [1.82, 2.24) is 19.3 Å². The van der Waals surface area contributed by atoms with Gasteiger partial charge in [0.25, 0.3) is 0 Å². The molecule has 128 valence electrons. The highest BCUT2D eigenvalue weighted by Crippen LogP contribution is 2.26. The largest absolute Gasteiger partial charge is 0.330 e. The molecule has 0 radical (unpaired) electrons. The molecule has 2 aromatic heterocycles. The normalized spacial score (nSPS) is 13.0. The second-order valence-electron chi connectivity index (χ2n) is 7.23. The zero-order chi connectivity index (χ0) is 18.4. The van der Waals surface area contributed by atoms with Crippen molar-refractivity contribution in [1.29, 1.82) is 5.26 Å². The first-order chi connectivity index (χ1) is 11.7. The van der Waals surface area contributed by atoms with E-state index in [0.29, 0.717) is 11.5 Å². The number of imidazole rings is 1. The predicted octanol–water partition coefficient (Wildman–Crippen LogP) is 3.09. The highest BCUT2D eigenvalue weighted by molar-refractivity contribution is 6.01. The second-order valence-corrected chi connectivity index (χ2v) is 7.23. The first-order valence-electron chi connectivity index (χ1n) is 8.13. The van der Waals surface area contributed by atoms with Crippen LogP contribution in [0.5, 0.6) is 0 Å². The Balaban J connectivity index is 2.07. The van der Waals surface area contributed by atoms with Gasteiger partial charge in [0, 0.05) is 19.5 Å². The smallest absolute Gasteiger partial charge is 0.205 e. The molecule has 3 aromatic rings. The minimum atomic E-state index is -0.972. The SMILES string of the molecule is Cn1nc(C(C)(C)C)cc1C(=O)C(C#N)c1nc2ccccc2n1C. The fourth-order valence-corrected chi connectivity index (χ4v) is 2.87. The number of hydrogen-bond acceptors (Lipinski definition) is 4. The van der Waals surface area contributed by atoms with Crippen molar-refractivity contribution in [3.63, 3.8) is 0 Å². The molecule has 0 aliphatic heterocycles. The maximum absolute atomic E-state index is 13.0. The lowest BCUT2D eigenvalue weighted by Crippen LogP contribution is -2.18. The summed E-state index contributed by atoms with van der Waals surface area (Å²) in [7, 11) is 3.55. The molecule has 2 heterocycles. The predicted molar refractivity (Wildman–Crippen MR) is 95.3 cm³/mol. The number of nitrogens with zero attached hydrogens (tertiary/aromatic N) is 5. The van der Waals surface area contributed by atoms with E-state index in [1.165, 1.54) is 0 Å². The minimum Gasteiger partial charge on any atom is -0.330 e. The van der Waals surface area contributed by atoms with E-state index < -0.39 is 5.92 Å². The van der Waals surface area contributed by atoms with Gasteiger partial charge in [-0.25, -0.2) is 4.98 Å². The molecule has 1 unspecified atom stereocenters. The Bertz CT molecular complexity index is 997. The maximum atomic E-state index is 13.0. The average molecular weight is 335 g/mol. The lowest BCUT2D eigenvalue weighted by Gasteiger charge is -2.13. The van der Waals surface area contributed by atoms with Gasteiger partial charge in [-0.15, -0.1) is 0 Å². The van der Waals surface area contributed by atoms with Gasteiger partial charge in [0.05, 0.1) is 22.8 Å². The summed E-state index contributed by atoms with van der Waals surface area (Å²) in [6.07, 6.45) is 0. The third-order valence-corrected chi connectivity index (χ3v) is 4.37. The number of rotatable bonds is 3. The van der Waals surface area contributed by atoms with Crippen molar-refractivity contribution in [3.05, 3.63) is 47.5 Å². The molecule has 0 N–H and O–H groups in total. The summed E-state index contributed by atoms with van der Waals surface area (Å²) in [5, 5.41) is 14.1. The summed E-state index contributed by atoms with van der Waals surface area (Å²) in [6.45, 7) is 6.12. The number of aromatic nitrogens is 4. The van der Waals surface area contributed by atoms with E-state index >= 15 is 0 Å². The minimum absolute atomic E-state index is 0.170. The number of benzene rings is 1. The highest BCUT2D eigenvalue weighted by atomic mass is 16.1. The molecule has 0 aliphatic rings. The van der Waals surface area contributed by atoms with E-state index in [1.54, 1.807) is 17.8 Å². The van der Waals surface area contributed by atoms with Crippen LogP contribution in [0, 0.1) is 11.3 Å². The molecule has 25 heavy (non-hydrogen) atoms.